The van der Waals surface area contributed by atoms with Gasteiger partial charge < -0.3 is 11.1 Å². The molecule has 0 aromatic carbocycles. The second-order valence-electron chi connectivity index (χ2n) is 4.76. The molecule has 0 radical (unpaired) electrons. The Balaban J connectivity index is 1.77. The maximum atomic E-state index is 11.8. The Morgan fingerprint density at radius 3 is 2.43 bits per heavy atom. The predicted molar refractivity (Wildman–Crippen MR) is 55.7 cm³/mol. The minimum absolute atomic E-state index is 0.194. The SMILES string of the molecule is NC1CCCC(C(=O)NC2CCC2)C1. The molecule has 2 saturated carbocycles. The summed E-state index contributed by atoms with van der Waals surface area (Å²) in [6, 6.07) is 0.724. The lowest BCUT2D eigenvalue weighted by Crippen LogP contribution is -2.44. The molecule has 2 aliphatic carbocycles. The van der Waals surface area contributed by atoms with Crippen molar-refractivity contribution < 1.29 is 4.79 Å². The summed E-state index contributed by atoms with van der Waals surface area (Å²) in [5, 5.41) is 3.11. The average Bonchev–Trinajstić information content (AvgIpc) is 2.11. The van der Waals surface area contributed by atoms with Crippen LogP contribution < -0.4 is 11.1 Å². The van der Waals surface area contributed by atoms with Crippen LogP contribution in [0.3, 0.4) is 0 Å². The third-order valence-corrected chi connectivity index (χ3v) is 3.54. The van der Waals surface area contributed by atoms with Crippen molar-refractivity contribution >= 4 is 5.91 Å². The minimum atomic E-state index is 0.194. The average molecular weight is 196 g/mol. The summed E-state index contributed by atoms with van der Waals surface area (Å²) < 4.78 is 0. The largest absolute Gasteiger partial charge is 0.353 e. The van der Waals surface area contributed by atoms with E-state index in [0.29, 0.717) is 6.04 Å². The topological polar surface area (TPSA) is 55.1 Å². The lowest BCUT2D eigenvalue weighted by Gasteiger charge is -2.31. The van der Waals surface area contributed by atoms with Gasteiger partial charge in [-0.15, -0.1) is 0 Å². The fraction of sp³-hybridized carbons (Fsp3) is 0.909. The zero-order chi connectivity index (χ0) is 9.97. The Hall–Kier alpha value is -0.570. The van der Waals surface area contributed by atoms with Crippen LogP contribution in [0.5, 0.6) is 0 Å². The fourth-order valence-corrected chi connectivity index (χ4v) is 2.34. The van der Waals surface area contributed by atoms with Crippen LogP contribution in [0.2, 0.25) is 0 Å². The molecule has 3 heteroatoms. The molecular weight excluding hydrogens is 176 g/mol. The van der Waals surface area contributed by atoms with Crippen LogP contribution in [0.25, 0.3) is 0 Å². The summed E-state index contributed by atoms with van der Waals surface area (Å²) >= 11 is 0. The molecule has 3 nitrogen and oxygen atoms in total. The van der Waals surface area contributed by atoms with Gasteiger partial charge in [-0.25, -0.2) is 0 Å². The van der Waals surface area contributed by atoms with Gasteiger partial charge in [0.1, 0.15) is 0 Å². The van der Waals surface area contributed by atoms with Crippen molar-refractivity contribution in [2.24, 2.45) is 11.7 Å². The molecule has 0 saturated heterocycles. The van der Waals surface area contributed by atoms with Gasteiger partial charge in [-0.3, -0.25) is 4.79 Å². The first-order valence-corrected chi connectivity index (χ1v) is 5.81. The van der Waals surface area contributed by atoms with Gasteiger partial charge in [0.2, 0.25) is 5.91 Å². The molecule has 2 rings (SSSR count). The molecule has 2 atom stereocenters. The second kappa shape index (κ2) is 4.30. The van der Waals surface area contributed by atoms with Crippen molar-refractivity contribution in [1.82, 2.24) is 5.32 Å². The van der Waals surface area contributed by atoms with Crippen LogP contribution in [0.15, 0.2) is 0 Å². The number of carbonyl (C=O) groups is 1. The highest BCUT2D eigenvalue weighted by Crippen LogP contribution is 2.25. The zero-order valence-corrected chi connectivity index (χ0v) is 8.67. The van der Waals surface area contributed by atoms with Crippen LogP contribution >= 0.6 is 0 Å². The Bertz CT molecular complexity index is 213. The van der Waals surface area contributed by atoms with Gasteiger partial charge >= 0.3 is 0 Å². The molecular formula is C11H20N2O. The van der Waals surface area contributed by atoms with E-state index in [4.69, 9.17) is 5.73 Å². The predicted octanol–water partition coefficient (Wildman–Crippen LogP) is 1.17. The summed E-state index contributed by atoms with van der Waals surface area (Å²) in [4.78, 5) is 11.8. The molecule has 0 aromatic rings. The van der Waals surface area contributed by atoms with Crippen molar-refractivity contribution in [1.29, 1.82) is 0 Å². The fourth-order valence-electron chi connectivity index (χ4n) is 2.34. The maximum absolute atomic E-state index is 11.8. The highest BCUT2D eigenvalue weighted by atomic mass is 16.1. The Morgan fingerprint density at radius 1 is 1.14 bits per heavy atom. The number of carbonyl (C=O) groups excluding carboxylic acids is 1. The van der Waals surface area contributed by atoms with Crippen LogP contribution in [0.1, 0.15) is 44.9 Å². The molecule has 80 valence electrons. The minimum Gasteiger partial charge on any atom is -0.353 e. The quantitative estimate of drug-likeness (QED) is 0.696. The molecule has 0 aromatic heterocycles. The molecule has 0 heterocycles. The van der Waals surface area contributed by atoms with Crippen LogP contribution in [0, 0.1) is 5.92 Å². The third-order valence-electron chi connectivity index (χ3n) is 3.54. The third kappa shape index (κ3) is 2.27. The highest BCUT2D eigenvalue weighted by Gasteiger charge is 2.28. The number of hydrogen-bond donors (Lipinski definition) is 2. The Morgan fingerprint density at radius 2 is 1.86 bits per heavy atom. The van der Waals surface area contributed by atoms with Gasteiger partial charge in [0, 0.05) is 18.0 Å². The van der Waals surface area contributed by atoms with E-state index in [9.17, 15) is 4.79 Å². The molecule has 1 amide bonds. The van der Waals surface area contributed by atoms with Gasteiger partial charge in [-0.2, -0.15) is 0 Å². The molecule has 14 heavy (non-hydrogen) atoms. The van der Waals surface area contributed by atoms with Crippen LogP contribution in [-0.4, -0.2) is 18.0 Å². The first-order valence-electron chi connectivity index (χ1n) is 5.81. The summed E-state index contributed by atoms with van der Waals surface area (Å²) in [5.41, 5.74) is 5.86. The summed E-state index contributed by atoms with van der Waals surface area (Å²) in [7, 11) is 0. The van der Waals surface area contributed by atoms with Crippen molar-refractivity contribution in [3.05, 3.63) is 0 Å². The van der Waals surface area contributed by atoms with E-state index in [1.807, 2.05) is 0 Å². The van der Waals surface area contributed by atoms with Crippen molar-refractivity contribution in [2.75, 3.05) is 0 Å². The standard InChI is InChI=1S/C11H20N2O/c12-9-4-1-3-8(7-9)11(14)13-10-5-2-6-10/h8-10H,1-7,12H2,(H,13,14). The van der Waals surface area contributed by atoms with E-state index in [1.54, 1.807) is 0 Å². The lowest BCUT2D eigenvalue weighted by atomic mass is 9.84. The summed E-state index contributed by atoms with van der Waals surface area (Å²) in [6.45, 7) is 0. The first kappa shape index (κ1) is 9.97. The number of rotatable bonds is 2. The molecule has 0 bridgehead atoms. The molecule has 0 aliphatic heterocycles. The van der Waals surface area contributed by atoms with Crippen LogP contribution in [0.4, 0.5) is 0 Å². The summed E-state index contributed by atoms with van der Waals surface area (Å²) in [5.74, 6) is 0.448. The van der Waals surface area contributed by atoms with E-state index in [1.165, 1.54) is 19.3 Å². The highest BCUT2D eigenvalue weighted by molar-refractivity contribution is 5.79. The maximum Gasteiger partial charge on any atom is 0.223 e. The van der Waals surface area contributed by atoms with E-state index in [0.717, 1.165) is 25.7 Å². The Kier molecular flexibility index (Phi) is 3.06. The normalized spacial score (nSPS) is 33.5. The Labute approximate surface area is 85.4 Å². The van der Waals surface area contributed by atoms with Crippen LogP contribution in [-0.2, 0) is 4.79 Å². The number of amides is 1. The zero-order valence-electron chi connectivity index (χ0n) is 8.67. The molecule has 2 unspecified atom stereocenters. The molecule has 2 fully saturated rings. The van der Waals surface area contributed by atoms with Crippen molar-refractivity contribution in [3.8, 4) is 0 Å². The first-order chi connectivity index (χ1) is 6.75. The molecule has 3 N–H and O–H groups in total. The smallest absolute Gasteiger partial charge is 0.223 e. The second-order valence-corrected chi connectivity index (χ2v) is 4.76. The molecule has 2 aliphatic rings. The van der Waals surface area contributed by atoms with E-state index < -0.39 is 0 Å². The lowest BCUT2D eigenvalue weighted by molar-refractivity contribution is -0.127. The van der Waals surface area contributed by atoms with Gasteiger partial charge in [-0.1, -0.05) is 6.42 Å². The molecule has 0 spiro atoms. The van der Waals surface area contributed by atoms with E-state index in [2.05, 4.69) is 5.32 Å². The van der Waals surface area contributed by atoms with E-state index in [-0.39, 0.29) is 17.9 Å². The van der Waals surface area contributed by atoms with Gasteiger partial charge in [0.15, 0.2) is 0 Å². The van der Waals surface area contributed by atoms with Gasteiger partial charge in [0.05, 0.1) is 0 Å². The van der Waals surface area contributed by atoms with Crippen molar-refractivity contribution in [3.63, 3.8) is 0 Å². The number of nitrogens with two attached hydrogens (primary N) is 1. The van der Waals surface area contributed by atoms with E-state index >= 15 is 0 Å². The van der Waals surface area contributed by atoms with Crippen molar-refractivity contribution in [2.45, 2.75) is 57.0 Å². The number of hydrogen-bond acceptors (Lipinski definition) is 2. The number of nitrogens with one attached hydrogen (secondary N) is 1. The van der Waals surface area contributed by atoms with Gasteiger partial charge in [0.25, 0.3) is 0 Å². The summed E-state index contributed by atoms with van der Waals surface area (Å²) in [6.07, 6.45) is 7.74. The monoisotopic (exact) mass is 196 g/mol. The van der Waals surface area contributed by atoms with Gasteiger partial charge in [-0.05, 0) is 38.5 Å².